The molecule has 1 aliphatic heterocycles. The summed E-state index contributed by atoms with van der Waals surface area (Å²) < 4.78 is 67.1. The molecule has 0 bridgehead atoms. The summed E-state index contributed by atoms with van der Waals surface area (Å²) in [7, 11) is -4.27. The van der Waals surface area contributed by atoms with Crippen molar-refractivity contribution >= 4 is 21.6 Å². The van der Waals surface area contributed by atoms with E-state index in [9.17, 15) is 31.5 Å². The van der Waals surface area contributed by atoms with Crippen LogP contribution in [0.1, 0.15) is 37.7 Å². The predicted octanol–water partition coefficient (Wildman–Crippen LogP) is 4.04. The van der Waals surface area contributed by atoms with Gasteiger partial charge in [0, 0.05) is 23.2 Å². The number of benzene rings is 2. The number of amides is 1. The van der Waals surface area contributed by atoms with Crippen LogP contribution in [-0.4, -0.2) is 32.0 Å². The SMILES string of the molecule is O=C(CN1c2ccc(C(F)(F)F)cc2-c2ccc(O)cc2S1(=O)=O)NC1CCCCC1. The van der Waals surface area contributed by atoms with Crippen LogP contribution >= 0.6 is 0 Å². The van der Waals surface area contributed by atoms with Gasteiger partial charge in [0.05, 0.1) is 16.1 Å². The predicted molar refractivity (Wildman–Crippen MR) is 108 cm³/mol. The fourth-order valence-corrected chi connectivity index (χ4v) is 5.83. The van der Waals surface area contributed by atoms with Crippen LogP contribution in [0.15, 0.2) is 41.3 Å². The van der Waals surface area contributed by atoms with E-state index in [4.69, 9.17) is 0 Å². The van der Waals surface area contributed by atoms with E-state index in [2.05, 4.69) is 5.32 Å². The standard InChI is InChI=1S/C21H21F3N2O4S/c22-21(23,24)13-6-9-18-17(10-13)16-8-7-15(27)11-19(16)31(29,30)26(18)12-20(28)25-14-4-2-1-3-5-14/h6-11,14,27H,1-5,12H2,(H,25,28). The molecule has 166 valence electrons. The highest BCUT2D eigenvalue weighted by Gasteiger charge is 2.39. The maximum absolute atomic E-state index is 13.3. The third-order valence-corrected chi connectivity index (χ3v) is 7.47. The number of hydrogen-bond donors (Lipinski definition) is 2. The molecule has 2 N–H and O–H groups in total. The molecule has 1 amide bonds. The Hall–Kier alpha value is -2.75. The second kappa shape index (κ2) is 7.74. The number of fused-ring (bicyclic) bond motifs is 3. The van der Waals surface area contributed by atoms with Gasteiger partial charge in [-0.1, -0.05) is 19.3 Å². The van der Waals surface area contributed by atoms with Gasteiger partial charge in [0.1, 0.15) is 12.3 Å². The van der Waals surface area contributed by atoms with Crippen molar-refractivity contribution in [2.75, 3.05) is 10.8 Å². The van der Waals surface area contributed by atoms with Crippen LogP contribution in [0.2, 0.25) is 0 Å². The number of nitrogens with one attached hydrogen (secondary N) is 1. The molecule has 2 aromatic carbocycles. The molecule has 2 aliphatic rings. The Balaban J connectivity index is 1.76. The molecule has 0 atom stereocenters. The molecular weight excluding hydrogens is 433 g/mol. The molecule has 6 nitrogen and oxygen atoms in total. The highest BCUT2D eigenvalue weighted by molar-refractivity contribution is 7.93. The van der Waals surface area contributed by atoms with Gasteiger partial charge in [-0.05, 0) is 43.2 Å². The van der Waals surface area contributed by atoms with Crippen LogP contribution in [0.3, 0.4) is 0 Å². The highest BCUT2D eigenvalue weighted by Crippen LogP contribution is 2.46. The number of rotatable bonds is 3. The van der Waals surface area contributed by atoms with Gasteiger partial charge >= 0.3 is 6.18 Å². The summed E-state index contributed by atoms with van der Waals surface area (Å²) in [6, 6.07) is 6.15. The Morgan fingerprint density at radius 1 is 1.06 bits per heavy atom. The summed E-state index contributed by atoms with van der Waals surface area (Å²) >= 11 is 0. The maximum atomic E-state index is 13.3. The molecular formula is C21H21F3N2O4S. The quantitative estimate of drug-likeness (QED) is 0.733. The number of anilines is 1. The molecule has 0 spiro atoms. The lowest BCUT2D eigenvalue weighted by Gasteiger charge is -2.33. The van der Waals surface area contributed by atoms with Gasteiger partial charge in [0.15, 0.2) is 0 Å². The average Bonchev–Trinajstić information content (AvgIpc) is 2.71. The van der Waals surface area contributed by atoms with Crippen molar-refractivity contribution in [1.29, 1.82) is 0 Å². The molecule has 4 rings (SSSR count). The maximum Gasteiger partial charge on any atom is 0.416 e. The first-order valence-corrected chi connectivity index (χ1v) is 11.4. The molecule has 0 radical (unpaired) electrons. The minimum Gasteiger partial charge on any atom is -0.508 e. The normalized spacial score (nSPS) is 18.2. The fourth-order valence-electron chi connectivity index (χ4n) is 4.16. The number of carbonyl (C=O) groups excluding carboxylic acids is 1. The minimum atomic E-state index is -4.62. The molecule has 2 aromatic rings. The van der Waals surface area contributed by atoms with Gasteiger partial charge in [-0.3, -0.25) is 9.10 Å². The van der Waals surface area contributed by atoms with Crippen LogP contribution in [0.25, 0.3) is 11.1 Å². The van der Waals surface area contributed by atoms with E-state index >= 15 is 0 Å². The largest absolute Gasteiger partial charge is 0.508 e. The monoisotopic (exact) mass is 454 g/mol. The number of aromatic hydroxyl groups is 1. The Labute approximate surface area is 177 Å². The molecule has 1 heterocycles. The topological polar surface area (TPSA) is 86.7 Å². The number of sulfonamides is 1. The Morgan fingerprint density at radius 2 is 1.77 bits per heavy atom. The van der Waals surface area contributed by atoms with Gasteiger partial charge in [-0.25, -0.2) is 8.42 Å². The second-order valence-electron chi connectivity index (χ2n) is 7.82. The van der Waals surface area contributed by atoms with Crippen molar-refractivity contribution in [3.8, 4) is 16.9 Å². The first kappa shape index (κ1) is 21.5. The van der Waals surface area contributed by atoms with Crippen LogP contribution in [0.4, 0.5) is 18.9 Å². The van der Waals surface area contributed by atoms with Crippen molar-refractivity contribution in [3.05, 3.63) is 42.0 Å². The van der Waals surface area contributed by atoms with Crippen LogP contribution in [0, 0.1) is 0 Å². The van der Waals surface area contributed by atoms with Gasteiger partial charge in [-0.15, -0.1) is 0 Å². The number of phenols is 1. The van der Waals surface area contributed by atoms with Gasteiger partial charge in [0.2, 0.25) is 5.91 Å². The van der Waals surface area contributed by atoms with E-state index in [0.29, 0.717) is 0 Å². The van der Waals surface area contributed by atoms with Gasteiger partial charge < -0.3 is 10.4 Å². The highest BCUT2D eigenvalue weighted by atomic mass is 32.2. The zero-order valence-corrected chi connectivity index (χ0v) is 17.3. The molecule has 0 unspecified atom stereocenters. The van der Waals surface area contributed by atoms with E-state index in [1.165, 1.54) is 12.1 Å². The van der Waals surface area contributed by atoms with E-state index < -0.39 is 34.2 Å². The summed E-state index contributed by atoms with van der Waals surface area (Å²) in [5, 5.41) is 12.6. The lowest BCUT2D eigenvalue weighted by Crippen LogP contribution is -2.45. The molecule has 1 aliphatic carbocycles. The number of nitrogens with zero attached hydrogens (tertiary/aromatic N) is 1. The molecule has 10 heteroatoms. The van der Waals surface area contributed by atoms with E-state index in [-0.39, 0.29) is 33.5 Å². The Bertz CT molecular complexity index is 1130. The zero-order chi connectivity index (χ0) is 22.4. The first-order chi connectivity index (χ1) is 14.6. The molecule has 1 saturated carbocycles. The summed E-state index contributed by atoms with van der Waals surface area (Å²) in [5.41, 5.74) is -0.867. The zero-order valence-electron chi connectivity index (χ0n) is 16.4. The number of halogens is 3. The summed E-state index contributed by atoms with van der Waals surface area (Å²) in [6.45, 7) is -0.563. The van der Waals surface area contributed by atoms with Gasteiger partial charge in [-0.2, -0.15) is 13.2 Å². The van der Waals surface area contributed by atoms with Crippen molar-refractivity contribution in [1.82, 2.24) is 5.32 Å². The lowest BCUT2D eigenvalue weighted by molar-refractivity contribution is -0.137. The van der Waals surface area contributed by atoms with E-state index in [0.717, 1.165) is 60.7 Å². The summed E-state index contributed by atoms with van der Waals surface area (Å²) in [5.74, 6) is -0.866. The van der Waals surface area contributed by atoms with Crippen molar-refractivity contribution in [2.24, 2.45) is 0 Å². The molecule has 1 fully saturated rings. The second-order valence-corrected chi connectivity index (χ2v) is 9.66. The van der Waals surface area contributed by atoms with Crippen LogP contribution in [-0.2, 0) is 21.0 Å². The van der Waals surface area contributed by atoms with Crippen LogP contribution in [0.5, 0.6) is 5.75 Å². The Kier molecular flexibility index (Phi) is 5.36. The number of alkyl halides is 3. The van der Waals surface area contributed by atoms with Crippen molar-refractivity contribution in [3.63, 3.8) is 0 Å². The smallest absolute Gasteiger partial charge is 0.416 e. The molecule has 31 heavy (non-hydrogen) atoms. The average molecular weight is 454 g/mol. The van der Waals surface area contributed by atoms with Crippen LogP contribution < -0.4 is 9.62 Å². The van der Waals surface area contributed by atoms with E-state index in [1.54, 1.807) is 0 Å². The van der Waals surface area contributed by atoms with E-state index in [1.807, 2.05) is 0 Å². The fraction of sp³-hybridized carbons (Fsp3) is 0.381. The van der Waals surface area contributed by atoms with Gasteiger partial charge in [0.25, 0.3) is 10.0 Å². The van der Waals surface area contributed by atoms with Crippen molar-refractivity contribution < 1.29 is 31.5 Å². The molecule has 0 saturated heterocycles. The lowest BCUT2D eigenvalue weighted by atomic mass is 9.95. The third kappa shape index (κ3) is 4.08. The molecule has 0 aromatic heterocycles. The number of phenolic OH excluding ortho intramolecular Hbond substituents is 1. The number of hydrogen-bond acceptors (Lipinski definition) is 4. The third-order valence-electron chi connectivity index (χ3n) is 5.67. The summed E-state index contributed by atoms with van der Waals surface area (Å²) in [4.78, 5) is 12.3. The summed E-state index contributed by atoms with van der Waals surface area (Å²) in [6.07, 6.45) is 0.0282. The Morgan fingerprint density at radius 3 is 2.45 bits per heavy atom. The minimum absolute atomic E-state index is 0.00927. The van der Waals surface area contributed by atoms with Crippen molar-refractivity contribution in [2.45, 2.75) is 49.2 Å². The number of carbonyl (C=O) groups is 1. The first-order valence-electron chi connectivity index (χ1n) is 9.94.